The molecule has 1 spiro atoms. The normalized spacial score (nSPS) is 20.4. The molecule has 2 aliphatic rings. The Kier molecular flexibility index (Phi) is 5.87. The summed E-state index contributed by atoms with van der Waals surface area (Å²) in [5.74, 6) is -0.630. The molecule has 174 valence electrons. The Morgan fingerprint density at radius 1 is 1.09 bits per heavy atom. The Hall–Kier alpha value is -2.90. The van der Waals surface area contributed by atoms with E-state index in [1.54, 1.807) is 18.0 Å². The van der Waals surface area contributed by atoms with Gasteiger partial charge in [-0.25, -0.2) is 4.79 Å². The standard InChI is InChI=1S/C24H34N4O4/c1-22(2,3)14-28(20(31)23(4,5)6)13-18(29)25-17-9-8-15-11-24(12-16(15)10-17)19(30)26-21(32)27(24)7/h8-10H,11-14H2,1-7H3,(H,25,29)(H,26,30,32). The molecule has 0 aromatic heterocycles. The number of anilines is 1. The summed E-state index contributed by atoms with van der Waals surface area (Å²) in [6.45, 7) is 12.1. The van der Waals surface area contributed by atoms with Gasteiger partial charge in [0.1, 0.15) is 5.54 Å². The van der Waals surface area contributed by atoms with Crippen LogP contribution >= 0.6 is 0 Å². The van der Waals surface area contributed by atoms with E-state index in [1.165, 1.54) is 4.90 Å². The van der Waals surface area contributed by atoms with Crippen LogP contribution in [0.2, 0.25) is 0 Å². The quantitative estimate of drug-likeness (QED) is 0.700. The number of rotatable bonds is 4. The predicted octanol–water partition coefficient (Wildman–Crippen LogP) is 2.56. The van der Waals surface area contributed by atoms with E-state index >= 15 is 0 Å². The van der Waals surface area contributed by atoms with Gasteiger partial charge in [0, 0.05) is 37.5 Å². The highest BCUT2D eigenvalue weighted by molar-refractivity contribution is 6.07. The molecule has 1 atom stereocenters. The number of amides is 5. The third-order valence-corrected chi connectivity index (χ3v) is 5.97. The van der Waals surface area contributed by atoms with Crippen molar-refractivity contribution in [2.24, 2.45) is 10.8 Å². The molecule has 1 aromatic carbocycles. The Balaban J connectivity index is 1.73. The number of fused-ring (bicyclic) bond motifs is 1. The van der Waals surface area contributed by atoms with Crippen LogP contribution in [0.5, 0.6) is 0 Å². The van der Waals surface area contributed by atoms with Crippen LogP contribution in [0, 0.1) is 10.8 Å². The lowest BCUT2D eigenvalue weighted by atomic mass is 9.91. The first-order chi connectivity index (χ1) is 14.6. The fourth-order valence-corrected chi connectivity index (χ4v) is 4.40. The summed E-state index contributed by atoms with van der Waals surface area (Å²) in [5, 5.41) is 5.28. The molecule has 1 unspecified atom stereocenters. The van der Waals surface area contributed by atoms with Crippen LogP contribution in [0.3, 0.4) is 0 Å². The SMILES string of the molecule is CN1C(=O)NC(=O)C12Cc1ccc(NC(=O)CN(CC(C)(C)C)C(=O)C(C)(C)C)cc1C2. The third kappa shape index (κ3) is 4.64. The molecule has 0 radical (unpaired) electrons. The van der Waals surface area contributed by atoms with Gasteiger partial charge in [-0.05, 0) is 28.7 Å². The lowest BCUT2D eigenvalue weighted by Gasteiger charge is -2.34. The van der Waals surface area contributed by atoms with Crippen LogP contribution in [0.4, 0.5) is 10.5 Å². The van der Waals surface area contributed by atoms with Gasteiger partial charge in [-0.2, -0.15) is 0 Å². The molecule has 1 aliphatic carbocycles. The van der Waals surface area contributed by atoms with Gasteiger partial charge in [0.15, 0.2) is 0 Å². The number of nitrogens with one attached hydrogen (secondary N) is 2. The minimum atomic E-state index is -0.898. The number of carbonyl (C=O) groups excluding carboxylic acids is 4. The largest absolute Gasteiger partial charge is 0.332 e. The van der Waals surface area contributed by atoms with E-state index in [0.717, 1.165) is 11.1 Å². The first-order valence-corrected chi connectivity index (χ1v) is 10.9. The smallest absolute Gasteiger partial charge is 0.324 e. The molecule has 8 heteroatoms. The molecule has 3 rings (SSSR count). The highest BCUT2D eigenvalue weighted by Crippen LogP contribution is 2.38. The number of urea groups is 1. The van der Waals surface area contributed by atoms with E-state index in [2.05, 4.69) is 10.6 Å². The number of benzene rings is 1. The molecule has 1 aromatic rings. The van der Waals surface area contributed by atoms with E-state index in [0.29, 0.717) is 25.1 Å². The van der Waals surface area contributed by atoms with Crippen LogP contribution in [-0.4, -0.2) is 59.2 Å². The predicted molar refractivity (Wildman–Crippen MR) is 122 cm³/mol. The number of hydrogen-bond donors (Lipinski definition) is 2. The average molecular weight is 443 g/mol. The molecular weight excluding hydrogens is 408 g/mol. The summed E-state index contributed by atoms with van der Waals surface area (Å²) in [5.41, 5.74) is 0.892. The monoisotopic (exact) mass is 442 g/mol. The van der Waals surface area contributed by atoms with Crippen molar-refractivity contribution in [3.63, 3.8) is 0 Å². The van der Waals surface area contributed by atoms with Gasteiger partial charge in [-0.15, -0.1) is 0 Å². The summed E-state index contributed by atoms with van der Waals surface area (Å²) in [7, 11) is 1.63. The highest BCUT2D eigenvalue weighted by Gasteiger charge is 2.54. The lowest BCUT2D eigenvalue weighted by Crippen LogP contribution is -2.48. The van der Waals surface area contributed by atoms with E-state index in [4.69, 9.17) is 0 Å². The fraction of sp³-hybridized carbons (Fsp3) is 0.583. The van der Waals surface area contributed by atoms with Gasteiger partial charge >= 0.3 is 6.03 Å². The van der Waals surface area contributed by atoms with Gasteiger partial charge in [-0.3, -0.25) is 19.7 Å². The molecule has 5 amide bonds. The number of nitrogens with zero attached hydrogens (tertiary/aromatic N) is 2. The summed E-state index contributed by atoms with van der Waals surface area (Å²) in [6.07, 6.45) is 0.850. The molecule has 32 heavy (non-hydrogen) atoms. The first kappa shape index (κ1) is 23.8. The van der Waals surface area contributed by atoms with E-state index in [-0.39, 0.29) is 29.7 Å². The zero-order valence-electron chi connectivity index (χ0n) is 20.1. The van der Waals surface area contributed by atoms with Crippen molar-refractivity contribution >= 4 is 29.4 Å². The molecule has 1 saturated heterocycles. The Bertz CT molecular complexity index is 973. The number of likely N-dealkylation sites (N-methyl/N-ethyl adjacent to an activating group) is 1. The van der Waals surface area contributed by atoms with Crippen LogP contribution in [0.15, 0.2) is 18.2 Å². The Labute approximate surface area is 189 Å². The number of carbonyl (C=O) groups is 4. The maximum Gasteiger partial charge on any atom is 0.324 e. The van der Waals surface area contributed by atoms with Gasteiger partial charge in [0.25, 0.3) is 5.91 Å². The molecular formula is C24H34N4O4. The average Bonchev–Trinajstić information content (AvgIpc) is 3.12. The number of imide groups is 1. The van der Waals surface area contributed by atoms with Crippen molar-refractivity contribution in [3.05, 3.63) is 29.3 Å². The zero-order chi connectivity index (χ0) is 24.1. The summed E-state index contributed by atoms with van der Waals surface area (Å²) >= 11 is 0. The fourth-order valence-electron chi connectivity index (χ4n) is 4.40. The van der Waals surface area contributed by atoms with Gasteiger partial charge < -0.3 is 15.1 Å². The second kappa shape index (κ2) is 7.90. The molecule has 8 nitrogen and oxygen atoms in total. The summed E-state index contributed by atoms with van der Waals surface area (Å²) < 4.78 is 0. The zero-order valence-corrected chi connectivity index (χ0v) is 20.1. The van der Waals surface area contributed by atoms with E-state index in [1.807, 2.05) is 53.7 Å². The summed E-state index contributed by atoms with van der Waals surface area (Å²) in [6, 6.07) is 5.14. The van der Waals surface area contributed by atoms with Crippen molar-refractivity contribution in [2.45, 2.75) is 59.9 Å². The minimum Gasteiger partial charge on any atom is -0.332 e. The molecule has 1 aliphatic heterocycles. The van der Waals surface area contributed by atoms with Crippen molar-refractivity contribution in [3.8, 4) is 0 Å². The molecule has 1 fully saturated rings. The van der Waals surface area contributed by atoms with Gasteiger partial charge in [-0.1, -0.05) is 47.6 Å². The Morgan fingerprint density at radius 3 is 2.25 bits per heavy atom. The molecule has 0 saturated carbocycles. The Morgan fingerprint density at radius 2 is 1.72 bits per heavy atom. The molecule has 1 heterocycles. The van der Waals surface area contributed by atoms with Crippen LogP contribution in [-0.2, 0) is 27.2 Å². The van der Waals surface area contributed by atoms with Crippen LogP contribution in [0.1, 0.15) is 52.7 Å². The maximum atomic E-state index is 12.9. The van der Waals surface area contributed by atoms with Gasteiger partial charge in [0.2, 0.25) is 11.8 Å². The lowest BCUT2D eigenvalue weighted by molar-refractivity contribution is -0.143. The van der Waals surface area contributed by atoms with Crippen LogP contribution < -0.4 is 10.6 Å². The minimum absolute atomic E-state index is 0.0337. The van der Waals surface area contributed by atoms with E-state index < -0.39 is 17.0 Å². The molecule has 0 bridgehead atoms. The van der Waals surface area contributed by atoms with Gasteiger partial charge in [0.05, 0.1) is 6.54 Å². The topological polar surface area (TPSA) is 98.8 Å². The van der Waals surface area contributed by atoms with E-state index in [9.17, 15) is 19.2 Å². The highest BCUT2D eigenvalue weighted by atomic mass is 16.2. The van der Waals surface area contributed by atoms with Crippen molar-refractivity contribution < 1.29 is 19.2 Å². The third-order valence-electron chi connectivity index (χ3n) is 5.97. The second-order valence-electron chi connectivity index (χ2n) is 11.2. The second-order valence-corrected chi connectivity index (χ2v) is 11.2. The van der Waals surface area contributed by atoms with Crippen molar-refractivity contribution in [1.29, 1.82) is 0 Å². The maximum absolute atomic E-state index is 12.9. The number of hydrogen-bond acceptors (Lipinski definition) is 4. The summed E-state index contributed by atoms with van der Waals surface area (Å²) in [4.78, 5) is 53.2. The van der Waals surface area contributed by atoms with Crippen molar-refractivity contribution in [2.75, 3.05) is 25.5 Å². The van der Waals surface area contributed by atoms with Crippen LogP contribution in [0.25, 0.3) is 0 Å². The van der Waals surface area contributed by atoms with Crippen molar-refractivity contribution in [1.82, 2.24) is 15.1 Å². The first-order valence-electron chi connectivity index (χ1n) is 10.9. The molecule has 2 N–H and O–H groups in total.